The normalized spacial score (nSPS) is 11.4. The maximum absolute atomic E-state index is 12.4. The number of non-ortho nitro benzene ring substituents is 1. The highest BCUT2D eigenvalue weighted by molar-refractivity contribution is 7.92. The molecule has 11 heteroatoms. The smallest absolute Gasteiger partial charge is 0.314 e. The van der Waals surface area contributed by atoms with E-state index in [1.165, 1.54) is 42.5 Å². The lowest BCUT2D eigenvalue weighted by atomic mass is 10.3. The average molecular weight is 362 g/mol. The fourth-order valence-electron chi connectivity index (χ4n) is 2.13. The van der Waals surface area contributed by atoms with Gasteiger partial charge in [0.1, 0.15) is 0 Å². The number of aromatic nitrogens is 2. The number of rotatable bonds is 4. The molecule has 10 nitrogen and oxygen atoms in total. The second-order valence-corrected chi connectivity index (χ2v) is 6.71. The van der Waals surface area contributed by atoms with Crippen LogP contribution in [0.15, 0.2) is 56.9 Å². The molecule has 0 amide bonds. The Labute approximate surface area is 139 Å². The van der Waals surface area contributed by atoms with Gasteiger partial charge in [0.2, 0.25) is 0 Å². The highest BCUT2D eigenvalue weighted by Crippen LogP contribution is 2.20. The molecule has 0 aliphatic rings. The summed E-state index contributed by atoms with van der Waals surface area (Å²) < 4.78 is 27.1. The third kappa shape index (κ3) is 3.26. The standard InChI is InChI=1S/C14H10N4O6S/c19-13-14(20)16-12-7-10(5-6-11(12)15-13)25(23,24)17-8-1-3-9(4-2-8)18(21)22/h1-7,17H,(H,15,19)(H,16,20). The van der Waals surface area contributed by atoms with Crippen LogP contribution in [0.2, 0.25) is 0 Å². The van der Waals surface area contributed by atoms with Crippen LogP contribution in [0.5, 0.6) is 0 Å². The molecule has 0 spiro atoms. The van der Waals surface area contributed by atoms with Crippen LogP contribution in [0.4, 0.5) is 11.4 Å². The highest BCUT2D eigenvalue weighted by atomic mass is 32.2. The first-order chi connectivity index (χ1) is 11.8. The number of nitro benzene ring substituents is 1. The minimum Gasteiger partial charge on any atom is -0.316 e. The van der Waals surface area contributed by atoms with E-state index in [0.29, 0.717) is 0 Å². The Bertz CT molecular complexity index is 1190. The molecule has 0 radical (unpaired) electrons. The third-order valence-electron chi connectivity index (χ3n) is 3.33. The van der Waals surface area contributed by atoms with Crippen molar-refractivity contribution in [3.05, 3.63) is 73.3 Å². The SMILES string of the molecule is O=c1[nH]c2ccc(S(=O)(=O)Nc3ccc([N+](=O)[O-])cc3)cc2[nH]c1=O. The molecule has 3 aromatic rings. The number of fused-ring (bicyclic) bond motifs is 1. The summed E-state index contributed by atoms with van der Waals surface area (Å²) in [5.41, 5.74) is -1.34. The number of aromatic amines is 2. The van der Waals surface area contributed by atoms with Crippen LogP contribution in [-0.4, -0.2) is 23.3 Å². The van der Waals surface area contributed by atoms with Crippen molar-refractivity contribution in [2.75, 3.05) is 4.72 Å². The molecule has 2 aromatic carbocycles. The molecule has 0 atom stereocenters. The van der Waals surface area contributed by atoms with Gasteiger partial charge in [-0.3, -0.25) is 24.4 Å². The van der Waals surface area contributed by atoms with Gasteiger partial charge in [-0.25, -0.2) is 8.42 Å². The van der Waals surface area contributed by atoms with Crippen LogP contribution < -0.4 is 15.8 Å². The van der Waals surface area contributed by atoms with Crippen molar-refractivity contribution in [3.63, 3.8) is 0 Å². The van der Waals surface area contributed by atoms with E-state index in [1.807, 2.05) is 0 Å². The van der Waals surface area contributed by atoms with Gasteiger partial charge in [0.05, 0.1) is 20.9 Å². The van der Waals surface area contributed by atoms with Gasteiger partial charge >= 0.3 is 11.1 Å². The summed E-state index contributed by atoms with van der Waals surface area (Å²) in [4.78, 5) is 37.1. The van der Waals surface area contributed by atoms with E-state index >= 15 is 0 Å². The molecule has 25 heavy (non-hydrogen) atoms. The molecule has 0 saturated carbocycles. The van der Waals surface area contributed by atoms with Gasteiger partial charge in [-0.05, 0) is 30.3 Å². The van der Waals surface area contributed by atoms with Crippen molar-refractivity contribution < 1.29 is 13.3 Å². The van der Waals surface area contributed by atoms with Crippen molar-refractivity contribution in [1.29, 1.82) is 0 Å². The number of sulfonamides is 1. The van der Waals surface area contributed by atoms with Crippen LogP contribution in [-0.2, 0) is 10.0 Å². The quantitative estimate of drug-likeness (QED) is 0.356. The zero-order valence-electron chi connectivity index (χ0n) is 12.3. The maximum Gasteiger partial charge on any atom is 0.314 e. The molecule has 1 aromatic heterocycles. The first-order valence-electron chi connectivity index (χ1n) is 6.80. The molecule has 128 valence electrons. The van der Waals surface area contributed by atoms with Crippen LogP contribution in [0.25, 0.3) is 11.0 Å². The molecule has 0 bridgehead atoms. The van der Waals surface area contributed by atoms with Crippen molar-refractivity contribution >= 4 is 32.4 Å². The van der Waals surface area contributed by atoms with Gasteiger partial charge < -0.3 is 9.97 Å². The minimum atomic E-state index is -3.99. The molecule has 3 N–H and O–H groups in total. The van der Waals surface area contributed by atoms with E-state index < -0.39 is 26.1 Å². The third-order valence-corrected chi connectivity index (χ3v) is 4.71. The van der Waals surface area contributed by atoms with E-state index in [4.69, 9.17) is 0 Å². The van der Waals surface area contributed by atoms with E-state index in [9.17, 15) is 28.1 Å². The maximum atomic E-state index is 12.4. The molecule has 1 heterocycles. The monoisotopic (exact) mass is 362 g/mol. The highest BCUT2D eigenvalue weighted by Gasteiger charge is 2.16. The van der Waals surface area contributed by atoms with Crippen molar-refractivity contribution in [2.24, 2.45) is 0 Å². The van der Waals surface area contributed by atoms with Gasteiger partial charge in [-0.1, -0.05) is 0 Å². The number of anilines is 1. The Morgan fingerprint density at radius 2 is 1.52 bits per heavy atom. The van der Waals surface area contributed by atoms with E-state index in [1.54, 1.807) is 0 Å². The summed E-state index contributed by atoms with van der Waals surface area (Å²) in [6, 6.07) is 8.65. The predicted molar refractivity (Wildman–Crippen MR) is 89.1 cm³/mol. The zero-order chi connectivity index (χ0) is 18.2. The second kappa shape index (κ2) is 5.87. The lowest BCUT2D eigenvalue weighted by Gasteiger charge is -2.08. The number of H-pyrrole nitrogens is 2. The summed E-state index contributed by atoms with van der Waals surface area (Å²) in [5.74, 6) is 0. The predicted octanol–water partition coefficient (Wildman–Crippen LogP) is 0.925. The summed E-state index contributed by atoms with van der Waals surface area (Å²) in [6.07, 6.45) is 0. The summed E-state index contributed by atoms with van der Waals surface area (Å²) in [5, 5.41) is 10.6. The fraction of sp³-hybridized carbons (Fsp3) is 0. The van der Waals surface area contributed by atoms with Gasteiger partial charge in [0.25, 0.3) is 15.7 Å². The zero-order valence-corrected chi connectivity index (χ0v) is 13.2. The molecule has 0 saturated heterocycles. The Balaban J connectivity index is 1.97. The lowest BCUT2D eigenvalue weighted by molar-refractivity contribution is -0.384. The summed E-state index contributed by atoms with van der Waals surface area (Å²) >= 11 is 0. The topological polar surface area (TPSA) is 155 Å². The molecule has 0 fully saturated rings. The second-order valence-electron chi connectivity index (χ2n) is 5.03. The van der Waals surface area contributed by atoms with Gasteiger partial charge in [-0.15, -0.1) is 0 Å². The minimum absolute atomic E-state index is 0.139. The number of nitrogens with zero attached hydrogens (tertiary/aromatic N) is 1. The molecule has 0 aliphatic heterocycles. The fourth-order valence-corrected chi connectivity index (χ4v) is 3.21. The Kier molecular flexibility index (Phi) is 3.85. The van der Waals surface area contributed by atoms with Gasteiger partial charge in [0.15, 0.2) is 0 Å². The lowest BCUT2D eigenvalue weighted by Crippen LogP contribution is -2.29. The number of hydrogen-bond acceptors (Lipinski definition) is 6. The molecular weight excluding hydrogens is 352 g/mol. The van der Waals surface area contributed by atoms with E-state index in [-0.39, 0.29) is 27.3 Å². The van der Waals surface area contributed by atoms with Crippen molar-refractivity contribution in [3.8, 4) is 0 Å². The number of nitro groups is 1. The Morgan fingerprint density at radius 1 is 0.920 bits per heavy atom. The van der Waals surface area contributed by atoms with Crippen molar-refractivity contribution in [1.82, 2.24) is 9.97 Å². The van der Waals surface area contributed by atoms with Crippen molar-refractivity contribution in [2.45, 2.75) is 4.90 Å². The van der Waals surface area contributed by atoms with Crippen LogP contribution >= 0.6 is 0 Å². The van der Waals surface area contributed by atoms with Gasteiger partial charge in [0, 0.05) is 17.8 Å². The average Bonchev–Trinajstić information content (AvgIpc) is 2.55. The number of benzene rings is 2. The van der Waals surface area contributed by atoms with E-state index in [2.05, 4.69) is 14.7 Å². The van der Waals surface area contributed by atoms with Crippen LogP contribution in [0.1, 0.15) is 0 Å². The van der Waals surface area contributed by atoms with E-state index in [0.717, 1.165) is 0 Å². The Hall–Kier alpha value is -3.47. The first-order valence-corrected chi connectivity index (χ1v) is 8.28. The first kappa shape index (κ1) is 16.4. The summed E-state index contributed by atoms with van der Waals surface area (Å²) in [6.45, 7) is 0. The molecule has 0 aliphatic carbocycles. The van der Waals surface area contributed by atoms with Crippen LogP contribution in [0.3, 0.4) is 0 Å². The Morgan fingerprint density at radius 3 is 2.12 bits per heavy atom. The summed E-state index contributed by atoms with van der Waals surface area (Å²) in [7, 11) is -3.99. The van der Waals surface area contributed by atoms with Gasteiger partial charge in [-0.2, -0.15) is 0 Å². The largest absolute Gasteiger partial charge is 0.316 e. The van der Waals surface area contributed by atoms with Crippen LogP contribution in [0, 0.1) is 10.1 Å². The molecule has 0 unspecified atom stereocenters. The number of nitrogens with one attached hydrogen (secondary N) is 3. The molecule has 3 rings (SSSR count). The number of hydrogen-bond donors (Lipinski definition) is 3. The molecular formula is C14H10N4O6S.